The molecule has 1 aliphatic rings. The minimum absolute atomic E-state index is 0.00778. The number of hydrogen-bond acceptors (Lipinski definition) is 4. The average molecular weight is 497 g/mol. The van der Waals surface area contributed by atoms with Gasteiger partial charge in [-0.15, -0.1) is 0 Å². The van der Waals surface area contributed by atoms with Gasteiger partial charge in [-0.25, -0.2) is 0 Å². The maximum atomic E-state index is 12.3. The molecule has 4 aromatic rings. The molecule has 2 atom stereocenters. The molecule has 0 saturated carbocycles. The van der Waals surface area contributed by atoms with Gasteiger partial charge in [0.25, 0.3) is 0 Å². The molecule has 182 valence electrons. The summed E-state index contributed by atoms with van der Waals surface area (Å²) in [5.41, 5.74) is 5.64. The van der Waals surface area contributed by atoms with Crippen LogP contribution in [0, 0.1) is 12.8 Å². The Morgan fingerprint density at radius 1 is 1.06 bits per heavy atom. The fourth-order valence-electron chi connectivity index (χ4n) is 4.51. The van der Waals surface area contributed by atoms with E-state index in [4.69, 9.17) is 12.2 Å². The molecule has 1 aromatic carbocycles. The first kappa shape index (κ1) is 23.7. The summed E-state index contributed by atoms with van der Waals surface area (Å²) in [5, 5.41) is 7.15. The van der Waals surface area contributed by atoms with E-state index in [1.54, 1.807) is 12.4 Å². The van der Waals surface area contributed by atoms with Gasteiger partial charge in [0.2, 0.25) is 5.91 Å². The summed E-state index contributed by atoms with van der Waals surface area (Å²) in [6, 6.07) is 19.7. The van der Waals surface area contributed by atoms with E-state index in [1.807, 2.05) is 81.7 Å². The Hall–Kier alpha value is -4.04. The summed E-state index contributed by atoms with van der Waals surface area (Å²) in [5.74, 6) is -0.102. The van der Waals surface area contributed by atoms with Crippen molar-refractivity contribution in [2.24, 2.45) is 5.92 Å². The summed E-state index contributed by atoms with van der Waals surface area (Å²) >= 11 is 5.89. The van der Waals surface area contributed by atoms with E-state index >= 15 is 0 Å². The lowest BCUT2D eigenvalue weighted by molar-refractivity contribution is -0.118. The highest BCUT2D eigenvalue weighted by atomic mass is 32.1. The van der Waals surface area contributed by atoms with Gasteiger partial charge in [-0.1, -0.05) is 19.9 Å². The van der Waals surface area contributed by atoms with Crippen molar-refractivity contribution < 1.29 is 4.79 Å². The number of aryl methyl sites for hydroxylation is 1. The standard InChI is InChI=1S/C28H28N6OS/c1-18(2)27(35)31-22-12-11-20(16-19(22)3)34-26(25(32-28(34)36)23-9-4-5-14-30-23)24-10-7-15-33(24)21-8-6-13-29-17-21/h4-18,25-26H,1-3H3,(H,31,35)(H,32,36)/t25-,26+/m1/s1. The number of carbonyl (C=O) groups is 1. The molecule has 3 aromatic heterocycles. The first-order valence-corrected chi connectivity index (χ1v) is 12.3. The maximum absolute atomic E-state index is 12.3. The van der Waals surface area contributed by atoms with Crippen LogP contribution in [0.2, 0.25) is 0 Å². The molecule has 1 amide bonds. The normalized spacial score (nSPS) is 17.3. The van der Waals surface area contributed by atoms with Gasteiger partial charge in [0.1, 0.15) is 6.04 Å². The number of amides is 1. The molecule has 7 nitrogen and oxygen atoms in total. The Morgan fingerprint density at radius 3 is 2.61 bits per heavy atom. The first-order chi connectivity index (χ1) is 17.4. The lowest BCUT2D eigenvalue weighted by Gasteiger charge is -2.29. The number of nitrogens with zero attached hydrogens (tertiary/aromatic N) is 4. The van der Waals surface area contributed by atoms with E-state index in [1.165, 1.54) is 0 Å². The monoisotopic (exact) mass is 496 g/mol. The summed E-state index contributed by atoms with van der Waals surface area (Å²) in [6.45, 7) is 5.76. The van der Waals surface area contributed by atoms with Crippen molar-refractivity contribution in [3.05, 3.63) is 102 Å². The Balaban J connectivity index is 1.59. The lowest BCUT2D eigenvalue weighted by Crippen LogP contribution is -2.30. The number of carbonyl (C=O) groups excluding carboxylic acids is 1. The highest BCUT2D eigenvalue weighted by molar-refractivity contribution is 7.80. The summed E-state index contributed by atoms with van der Waals surface area (Å²) < 4.78 is 2.14. The van der Waals surface area contributed by atoms with Gasteiger partial charge in [-0.05, 0) is 79.3 Å². The van der Waals surface area contributed by atoms with Crippen LogP contribution in [0.5, 0.6) is 0 Å². The molecular formula is C28H28N6OS. The SMILES string of the molecule is Cc1cc(N2C(=S)N[C@H](c3ccccn3)[C@@H]2c2cccn2-c2cccnc2)ccc1NC(=O)C(C)C. The third kappa shape index (κ3) is 4.47. The van der Waals surface area contributed by atoms with Crippen molar-refractivity contribution in [1.82, 2.24) is 19.9 Å². The van der Waals surface area contributed by atoms with Crippen molar-refractivity contribution >= 4 is 34.6 Å². The van der Waals surface area contributed by atoms with E-state index in [9.17, 15) is 4.79 Å². The van der Waals surface area contributed by atoms with Crippen molar-refractivity contribution in [2.45, 2.75) is 32.9 Å². The van der Waals surface area contributed by atoms with Crippen LogP contribution >= 0.6 is 12.2 Å². The zero-order valence-electron chi connectivity index (χ0n) is 20.4. The number of anilines is 2. The Labute approximate surface area is 216 Å². The number of hydrogen-bond donors (Lipinski definition) is 2. The summed E-state index contributed by atoms with van der Waals surface area (Å²) in [6.07, 6.45) is 7.46. The Morgan fingerprint density at radius 2 is 1.92 bits per heavy atom. The van der Waals surface area contributed by atoms with Gasteiger partial charge < -0.3 is 20.1 Å². The van der Waals surface area contributed by atoms with E-state index < -0.39 is 0 Å². The fourth-order valence-corrected chi connectivity index (χ4v) is 4.86. The van der Waals surface area contributed by atoms with Crippen molar-refractivity contribution in [3.63, 3.8) is 0 Å². The summed E-state index contributed by atoms with van der Waals surface area (Å²) in [7, 11) is 0. The van der Waals surface area contributed by atoms with Gasteiger partial charge in [0.05, 0.1) is 23.6 Å². The second-order valence-electron chi connectivity index (χ2n) is 9.15. The van der Waals surface area contributed by atoms with E-state index in [-0.39, 0.29) is 23.9 Å². The minimum Gasteiger partial charge on any atom is -0.351 e. The molecule has 0 bridgehead atoms. The van der Waals surface area contributed by atoms with Crippen molar-refractivity contribution in [3.8, 4) is 5.69 Å². The average Bonchev–Trinajstić information content (AvgIpc) is 3.50. The van der Waals surface area contributed by atoms with Gasteiger partial charge >= 0.3 is 0 Å². The zero-order valence-corrected chi connectivity index (χ0v) is 21.2. The maximum Gasteiger partial charge on any atom is 0.226 e. The molecule has 4 heterocycles. The van der Waals surface area contributed by atoms with Gasteiger partial charge in [0.15, 0.2) is 5.11 Å². The first-order valence-electron chi connectivity index (χ1n) is 11.9. The molecule has 0 radical (unpaired) electrons. The number of nitrogens with one attached hydrogen (secondary N) is 2. The van der Waals surface area contributed by atoms with E-state index in [2.05, 4.69) is 42.2 Å². The Kier molecular flexibility index (Phi) is 6.52. The number of thiocarbonyl (C=S) groups is 1. The predicted octanol–water partition coefficient (Wildman–Crippen LogP) is 5.35. The zero-order chi connectivity index (χ0) is 25.2. The molecule has 0 aliphatic carbocycles. The van der Waals surface area contributed by atoms with Crippen LogP contribution in [-0.2, 0) is 4.79 Å². The molecule has 1 aliphatic heterocycles. The molecule has 36 heavy (non-hydrogen) atoms. The second-order valence-corrected chi connectivity index (χ2v) is 9.54. The largest absolute Gasteiger partial charge is 0.351 e. The van der Waals surface area contributed by atoms with E-state index in [0.717, 1.165) is 34.0 Å². The molecule has 2 N–H and O–H groups in total. The number of aromatic nitrogens is 3. The van der Waals surface area contributed by atoms with Crippen LogP contribution < -0.4 is 15.5 Å². The number of rotatable bonds is 6. The third-order valence-electron chi connectivity index (χ3n) is 6.38. The molecule has 1 saturated heterocycles. The fraction of sp³-hybridized carbons (Fsp3) is 0.214. The second kappa shape index (κ2) is 9.91. The molecule has 0 spiro atoms. The number of pyridine rings is 2. The quantitative estimate of drug-likeness (QED) is 0.351. The van der Waals surface area contributed by atoms with Gasteiger partial charge in [0, 0.05) is 41.6 Å². The topological polar surface area (TPSA) is 75.1 Å². The van der Waals surface area contributed by atoms with Crippen LogP contribution in [-0.4, -0.2) is 25.6 Å². The van der Waals surface area contributed by atoms with Crippen LogP contribution in [0.4, 0.5) is 11.4 Å². The van der Waals surface area contributed by atoms with Crippen LogP contribution in [0.3, 0.4) is 0 Å². The molecule has 5 rings (SSSR count). The third-order valence-corrected chi connectivity index (χ3v) is 6.69. The van der Waals surface area contributed by atoms with E-state index in [0.29, 0.717) is 5.11 Å². The molecule has 1 fully saturated rings. The highest BCUT2D eigenvalue weighted by Gasteiger charge is 2.42. The molecule has 0 unspecified atom stereocenters. The van der Waals surface area contributed by atoms with Crippen LogP contribution in [0.15, 0.2) is 85.5 Å². The minimum atomic E-state index is -0.168. The predicted molar refractivity (Wildman–Crippen MR) is 146 cm³/mol. The highest BCUT2D eigenvalue weighted by Crippen LogP contribution is 2.42. The van der Waals surface area contributed by atoms with Gasteiger partial charge in [-0.2, -0.15) is 0 Å². The molecule has 8 heteroatoms. The van der Waals surface area contributed by atoms with Crippen molar-refractivity contribution in [2.75, 3.05) is 10.2 Å². The lowest BCUT2D eigenvalue weighted by atomic mass is 10.0. The van der Waals surface area contributed by atoms with Crippen LogP contribution in [0.25, 0.3) is 5.69 Å². The summed E-state index contributed by atoms with van der Waals surface area (Å²) in [4.78, 5) is 23.4. The Bertz CT molecular complexity index is 1390. The van der Waals surface area contributed by atoms with Crippen LogP contribution in [0.1, 0.15) is 42.9 Å². The number of benzene rings is 1. The van der Waals surface area contributed by atoms with Crippen molar-refractivity contribution in [1.29, 1.82) is 0 Å². The van der Waals surface area contributed by atoms with Gasteiger partial charge in [-0.3, -0.25) is 14.8 Å². The smallest absolute Gasteiger partial charge is 0.226 e. The molecular weight excluding hydrogens is 468 g/mol.